The Morgan fingerprint density at radius 2 is 1.64 bits per heavy atom. The van der Waals surface area contributed by atoms with Gasteiger partial charge in [-0.3, -0.25) is 14.4 Å². The summed E-state index contributed by atoms with van der Waals surface area (Å²) in [5.41, 5.74) is 1.83. The van der Waals surface area contributed by atoms with Crippen LogP contribution in [0.1, 0.15) is 30.6 Å². The minimum Gasteiger partial charge on any atom is -0.486 e. The lowest BCUT2D eigenvalue weighted by Crippen LogP contribution is -2.32. The number of rotatable bonds is 6. The normalized spacial score (nSPS) is 12.2. The van der Waals surface area contributed by atoms with E-state index in [4.69, 9.17) is 9.47 Å². The van der Waals surface area contributed by atoms with Gasteiger partial charge in [-0.05, 0) is 43.3 Å². The molecule has 7 nitrogen and oxygen atoms in total. The van der Waals surface area contributed by atoms with E-state index in [2.05, 4.69) is 5.32 Å². The van der Waals surface area contributed by atoms with Gasteiger partial charge in [0.1, 0.15) is 13.2 Å². The van der Waals surface area contributed by atoms with Gasteiger partial charge < -0.3 is 19.7 Å². The molecule has 28 heavy (non-hydrogen) atoms. The first kappa shape index (κ1) is 19.4. The average Bonchev–Trinajstić information content (AvgIpc) is 2.68. The Hall–Kier alpha value is -3.35. The molecule has 7 heteroatoms. The SMILES string of the molecule is CC(=O)c1ccc(NC(=O)CCN(C(C)=O)c2ccc3c(c2)OCCO3)cc1. The molecule has 146 valence electrons. The van der Waals surface area contributed by atoms with Crippen molar-refractivity contribution in [3.05, 3.63) is 48.0 Å². The zero-order chi connectivity index (χ0) is 20.1. The smallest absolute Gasteiger partial charge is 0.226 e. The molecule has 0 saturated heterocycles. The van der Waals surface area contributed by atoms with Gasteiger partial charge in [0, 0.05) is 42.9 Å². The van der Waals surface area contributed by atoms with Crippen molar-refractivity contribution in [2.75, 3.05) is 30.0 Å². The van der Waals surface area contributed by atoms with Crippen LogP contribution < -0.4 is 19.7 Å². The van der Waals surface area contributed by atoms with Crippen LogP contribution in [0.4, 0.5) is 11.4 Å². The summed E-state index contributed by atoms with van der Waals surface area (Å²) in [6, 6.07) is 12.0. The van der Waals surface area contributed by atoms with Crippen molar-refractivity contribution in [3.63, 3.8) is 0 Å². The first-order valence-electron chi connectivity index (χ1n) is 9.02. The molecule has 0 aromatic heterocycles. The van der Waals surface area contributed by atoms with Gasteiger partial charge in [0.05, 0.1) is 0 Å². The molecule has 1 aliphatic heterocycles. The van der Waals surface area contributed by atoms with E-state index in [0.717, 1.165) is 0 Å². The maximum atomic E-state index is 12.3. The molecule has 0 bridgehead atoms. The van der Waals surface area contributed by atoms with Crippen LogP contribution >= 0.6 is 0 Å². The summed E-state index contributed by atoms with van der Waals surface area (Å²) in [4.78, 5) is 37.2. The van der Waals surface area contributed by atoms with Gasteiger partial charge in [-0.2, -0.15) is 0 Å². The van der Waals surface area contributed by atoms with E-state index in [0.29, 0.717) is 41.7 Å². The number of amides is 2. The van der Waals surface area contributed by atoms with E-state index >= 15 is 0 Å². The van der Waals surface area contributed by atoms with Crippen LogP contribution in [0.5, 0.6) is 11.5 Å². The van der Waals surface area contributed by atoms with Gasteiger partial charge in [-0.15, -0.1) is 0 Å². The molecule has 0 atom stereocenters. The number of hydrogen-bond donors (Lipinski definition) is 1. The third kappa shape index (κ3) is 4.68. The number of Topliss-reactive ketones (excluding diaryl/α,β-unsaturated/α-hetero) is 1. The second-order valence-electron chi connectivity index (χ2n) is 6.43. The number of anilines is 2. The fourth-order valence-corrected chi connectivity index (χ4v) is 2.89. The summed E-state index contributed by atoms with van der Waals surface area (Å²) in [5.74, 6) is 0.805. The summed E-state index contributed by atoms with van der Waals surface area (Å²) in [6.45, 7) is 4.13. The van der Waals surface area contributed by atoms with Crippen LogP contribution in [0, 0.1) is 0 Å². The predicted octanol–water partition coefficient (Wildman–Crippen LogP) is 3.04. The standard InChI is InChI=1S/C21H22N2O5/c1-14(24)16-3-5-17(6-4-16)22-21(26)9-10-23(15(2)25)18-7-8-19-20(13-18)28-12-11-27-19/h3-8,13H,9-12H2,1-2H3,(H,22,26). The Morgan fingerprint density at radius 1 is 0.964 bits per heavy atom. The summed E-state index contributed by atoms with van der Waals surface area (Å²) < 4.78 is 11.1. The Bertz CT molecular complexity index is 892. The average molecular weight is 382 g/mol. The molecule has 1 aliphatic rings. The quantitative estimate of drug-likeness (QED) is 0.776. The Morgan fingerprint density at radius 3 is 2.29 bits per heavy atom. The van der Waals surface area contributed by atoms with Crippen molar-refractivity contribution in [3.8, 4) is 11.5 Å². The fourth-order valence-electron chi connectivity index (χ4n) is 2.89. The Labute approximate surface area is 163 Å². The topological polar surface area (TPSA) is 84.9 Å². The van der Waals surface area contributed by atoms with Gasteiger partial charge in [0.15, 0.2) is 17.3 Å². The summed E-state index contributed by atoms with van der Waals surface area (Å²) in [5, 5.41) is 2.77. The molecule has 0 saturated carbocycles. The van der Waals surface area contributed by atoms with E-state index in [-0.39, 0.29) is 30.6 Å². The Kier molecular flexibility index (Phi) is 5.93. The summed E-state index contributed by atoms with van der Waals surface area (Å²) in [6.07, 6.45) is 0.127. The zero-order valence-corrected chi connectivity index (χ0v) is 15.9. The molecule has 2 aromatic rings. The summed E-state index contributed by atoms with van der Waals surface area (Å²) in [7, 11) is 0. The lowest BCUT2D eigenvalue weighted by Gasteiger charge is -2.24. The maximum Gasteiger partial charge on any atom is 0.226 e. The minimum absolute atomic E-state index is 0.0330. The van der Waals surface area contributed by atoms with E-state index in [1.165, 1.54) is 18.7 Å². The number of carbonyl (C=O) groups is 3. The highest BCUT2D eigenvalue weighted by atomic mass is 16.6. The van der Waals surface area contributed by atoms with Crippen molar-refractivity contribution >= 4 is 29.0 Å². The molecule has 0 aliphatic carbocycles. The third-order valence-electron chi connectivity index (χ3n) is 4.36. The first-order valence-corrected chi connectivity index (χ1v) is 9.02. The van der Waals surface area contributed by atoms with Crippen LogP contribution in [0.2, 0.25) is 0 Å². The van der Waals surface area contributed by atoms with Gasteiger partial charge in [0.25, 0.3) is 0 Å². The van der Waals surface area contributed by atoms with E-state index in [1.54, 1.807) is 42.5 Å². The molecule has 2 aromatic carbocycles. The molecule has 1 heterocycles. The number of nitrogens with one attached hydrogen (secondary N) is 1. The van der Waals surface area contributed by atoms with Crippen molar-refractivity contribution in [2.45, 2.75) is 20.3 Å². The molecular formula is C21H22N2O5. The number of ether oxygens (including phenoxy) is 2. The number of hydrogen-bond acceptors (Lipinski definition) is 5. The van der Waals surface area contributed by atoms with Crippen LogP contribution in [-0.4, -0.2) is 37.4 Å². The van der Waals surface area contributed by atoms with Crippen LogP contribution in [-0.2, 0) is 9.59 Å². The highest BCUT2D eigenvalue weighted by Crippen LogP contribution is 2.34. The molecule has 0 unspecified atom stereocenters. The second kappa shape index (κ2) is 8.56. The van der Waals surface area contributed by atoms with Crippen molar-refractivity contribution in [1.29, 1.82) is 0 Å². The molecular weight excluding hydrogens is 360 g/mol. The van der Waals surface area contributed by atoms with Gasteiger partial charge in [-0.1, -0.05) is 0 Å². The fraction of sp³-hybridized carbons (Fsp3) is 0.286. The van der Waals surface area contributed by atoms with E-state index in [1.807, 2.05) is 0 Å². The molecule has 0 fully saturated rings. The van der Waals surface area contributed by atoms with Crippen LogP contribution in [0.25, 0.3) is 0 Å². The summed E-state index contributed by atoms with van der Waals surface area (Å²) >= 11 is 0. The molecule has 1 N–H and O–H groups in total. The van der Waals surface area contributed by atoms with Crippen molar-refractivity contribution in [1.82, 2.24) is 0 Å². The lowest BCUT2D eigenvalue weighted by molar-refractivity contribution is -0.117. The second-order valence-corrected chi connectivity index (χ2v) is 6.43. The number of carbonyl (C=O) groups excluding carboxylic acids is 3. The zero-order valence-electron chi connectivity index (χ0n) is 15.9. The minimum atomic E-state index is -0.223. The number of benzene rings is 2. The Balaban J connectivity index is 1.62. The van der Waals surface area contributed by atoms with Crippen molar-refractivity contribution < 1.29 is 23.9 Å². The van der Waals surface area contributed by atoms with E-state index < -0.39 is 0 Å². The largest absolute Gasteiger partial charge is 0.486 e. The van der Waals surface area contributed by atoms with Crippen LogP contribution in [0.15, 0.2) is 42.5 Å². The highest BCUT2D eigenvalue weighted by molar-refractivity contribution is 5.96. The first-order chi connectivity index (χ1) is 13.4. The number of nitrogens with zero attached hydrogens (tertiary/aromatic N) is 1. The van der Waals surface area contributed by atoms with Crippen molar-refractivity contribution in [2.24, 2.45) is 0 Å². The number of fused-ring (bicyclic) bond motifs is 1. The monoisotopic (exact) mass is 382 g/mol. The molecule has 0 radical (unpaired) electrons. The van der Waals surface area contributed by atoms with Gasteiger partial charge in [-0.25, -0.2) is 0 Å². The van der Waals surface area contributed by atoms with Gasteiger partial charge in [0.2, 0.25) is 11.8 Å². The lowest BCUT2D eigenvalue weighted by atomic mass is 10.1. The number of ketones is 1. The van der Waals surface area contributed by atoms with Crippen LogP contribution in [0.3, 0.4) is 0 Å². The third-order valence-corrected chi connectivity index (χ3v) is 4.36. The maximum absolute atomic E-state index is 12.3. The predicted molar refractivity (Wildman–Crippen MR) is 105 cm³/mol. The molecule has 2 amide bonds. The van der Waals surface area contributed by atoms with E-state index in [9.17, 15) is 14.4 Å². The van der Waals surface area contributed by atoms with Gasteiger partial charge >= 0.3 is 0 Å². The highest BCUT2D eigenvalue weighted by Gasteiger charge is 2.18. The molecule has 3 rings (SSSR count). The molecule has 0 spiro atoms.